The first-order valence-electron chi connectivity index (χ1n) is 6.17. The molecule has 96 valence electrons. The predicted octanol–water partition coefficient (Wildman–Crippen LogP) is 0.559. The molecule has 4 aliphatic carbocycles. The van der Waals surface area contributed by atoms with Crippen molar-refractivity contribution < 1.29 is 23.8 Å². The van der Waals surface area contributed by atoms with E-state index in [4.69, 9.17) is 0 Å². The van der Waals surface area contributed by atoms with Crippen molar-refractivity contribution in [2.45, 2.75) is 43.6 Å². The van der Waals surface area contributed by atoms with E-state index in [0.29, 0.717) is 37.5 Å². The first kappa shape index (κ1) is 11.4. The highest BCUT2D eigenvalue weighted by molar-refractivity contribution is 5.75. The smallest absolute Gasteiger partial charge is 0.315 e. The van der Waals surface area contributed by atoms with Crippen molar-refractivity contribution >= 4 is 5.97 Å². The molecule has 1 N–H and O–H groups in total. The van der Waals surface area contributed by atoms with Crippen LogP contribution < -0.4 is 5.11 Å². The second-order valence-corrected chi connectivity index (χ2v) is 5.99. The predicted molar refractivity (Wildman–Crippen MR) is 51.9 cm³/mol. The quantitative estimate of drug-likeness (QED) is 0.773. The summed E-state index contributed by atoms with van der Waals surface area (Å²) < 4.78 is 27.5. The minimum Gasteiger partial charge on any atom is -0.544 e. The van der Waals surface area contributed by atoms with Crippen molar-refractivity contribution in [1.82, 2.24) is 0 Å². The van der Waals surface area contributed by atoms with Gasteiger partial charge in [0.1, 0.15) is 11.6 Å². The van der Waals surface area contributed by atoms with Crippen LogP contribution in [0.2, 0.25) is 0 Å². The molecule has 4 aliphatic rings. The first-order chi connectivity index (χ1) is 7.85. The van der Waals surface area contributed by atoms with Crippen LogP contribution in [0, 0.1) is 23.7 Å². The molecule has 3 nitrogen and oxygen atoms in total. The summed E-state index contributed by atoms with van der Waals surface area (Å²) in [6, 6.07) is 0. The number of carboxylic acids is 1. The summed E-state index contributed by atoms with van der Waals surface area (Å²) in [5.41, 5.74) is -2.38. The van der Waals surface area contributed by atoms with Gasteiger partial charge in [0, 0.05) is 0 Å². The van der Waals surface area contributed by atoms with Crippen molar-refractivity contribution in [2.75, 3.05) is 0 Å². The molecule has 4 fully saturated rings. The van der Waals surface area contributed by atoms with Crippen molar-refractivity contribution in [2.24, 2.45) is 23.7 Å². The lowest BCUT2D eigenvalue weighted by atomic mass is 9.48. The van der Waals surface area contributed by atoms with Crippen LogP contribution in [-0.4, -0.2) is 22.6 Å². The van der Waals surface area contributed by atoms with E-state index in [0.717, 1.165) is 6.42 Å². The fourth-order valence-corrected chi connectivity index (χ4v) is 4.58. The molecule has 17 heavy (non-hydrogen) atoms. The summed E-state index contributed by atoms with van der Waals surface area (Å²) in [6.07, 6.45) is 3.19. The summed E-state index contributed by atoms with van der Waals surface area (Å²) in [5.74, 6) is -6.92. The highest BCUT2D eigenvalue weighted by atomic mass is 19.3. The fraction of sp³-hybridized carbons (Fsp3) is 0.917. The van der Waals surface area contributed by atoms with Gasteiger partial charge in [-0.2, -0.15) is 8.78 Å². The van der Waals surface area contributed by atoms with Crippen LogP contribution in [0.1, 0.15) is 32.1 Å². The number of hydrogen-bond donors (Lipinski definition) is 1. The van der Waals surface area contributed by atoms with Crippen LogP contribution in [0.5, 0.6) is 0 Å². The monoisotopic (exact) mass is 245 g/mol. The van der Waals surface area contributed by atoms with Gasteiger partial charge < -0.3 is 15.0 Å². The first-order valence-corrected chi connectivity index (χ1v) is 6.17. The van der Waals surface area contributed by atoms with E-state index in [1.54, 1.807) is 0 Å². The largest absolute Gasteiger partial charge is 0.544 e. The van der Waals surface area contributed by atoms with Crippen molar-refractivity contribution in [1.29, 1.82) is 0 Å². The molecule has 0 aromatic heterocycles. The molecule has 0 unspecified atom stereocenters. The topological polar surface area (TPSA) is 60.4 Å². The zero-order chi connectivity index (χ0) is 12.4. The molecule has 4 bridgehead atoms. The lowest BCUT2D eigenvalue weighted by molar-refractivity contribution is -0.360. The number of carboxylic acid groups (broad SMARTS) is 1. The molecule has 0 aliphatic heterocycles. The molecule has 0 atom stereocenters. The Morgan fingerprint density at radius 1 is 1.12 bits per heavy atom. The van der Waals surface area contributed by atoms with Crippen LogP contribution >= 0.6 is 0 Å². The lowest BCUT2D eigenvalue weighted by Crippen LogP contribution is -2.70. The third kappa shape index (κ3) is 1.26. The van der Waals surface area contributed by atoms with Crippen LogP contribution in [0.4, 0.5) is 8.78 Å². The van der Waals surface area contributed by atoms with E-state index in [-0.39, 0.29) is 0 Å². The third-order valence-electron chi connectivity index (χ3n) is 5.14. The van der Waals surface area contributed by atoms with E-state index in [1.165, 1.54) is 0 Å². The summed E-state index contributed by atoms with van der Waals surface area (Å²) >= 11 is 0. The van der Waals surface area contributed by atoms with Gasteiger partial charge in [0.15, 0.2) is 0 Å². The molecule has 0 heterocycles. The Bertz CT molecular complexity index is 339. The SMILES string of the molecule is O=C([O-])C(F)(F)C1(O)C2CC3CC(C2)CC1C3. The normalized spacial score (nSPS) is 48.4. The average Bonchev–Trinajstić information content (AvgIpc) is 2.23. The number of rotatable bonds is 2. The van der Waals surface area contributed by atoms with Crippen molar-refractivity contribution in [3.8, 4) is 0 Å². The molecule has 0 radical (unpaired) electrons. The van der Waals surface area contributed by atoms with E-state index < -0.39 is 29.3 Å². The van der Waals surface area contributed by atoms with E-state index in [1.807, 2.05) is 0 Å². The van der Waals surface area contributed by atoms with Crippen LogP contribution in [0.3, 0.4) is 0 Å². The molecule has 5 heteroatoms. The third-order valence-corrected chi connectivity index (χ3v) is 5.14. The summed E-state index contributed by atoms with van der Waals surface area (Å²) in [5, 5.41) is 20.9. The second kappa shape index (κ2) is 3.19. The average molecular weight is 245 g/mol. The summed E-state index contributed by atoms with van der Waals surface area (Å²) in [4.78, 5) is 10.6. The Labute approximate surface area is 97.8 Å². The minimum absolute atomic E-state index is 0.398. The van der Waals surface area contributed by atoms with Gasteiger partial charge in [-0.1, -0.05) is 0 Å². The Morgan fingerprint density at radius 3 is 1.88 bits per heavy atom. The van der Waals surface area contributed by atoms with Gasteiger partial charge in [0.05, 0.1) is 0 Å². The van der Waals surface area contributed by atoms with Gasteiger partial charge in [-0.15, -0.1) is 0 Å². The number of carbonyl (C=O) groups excluding carboxylic acids is 1. The molecular formula is C12H15F2O3-. The maximum absolute atomic E-state index is 13.8. The van der Waals surface area contributed by atoms with Crippen molar-refractivity contribution in [3.63, 3.8) is 0 Å². The maximum Gasteiger partial charge on any atom is 0.315 e. The van der Waals surface area contributed by atoms with Gasteiger partial charge in [-0.25, -0.2) is 0 Å². The van der Waals surface area contributed by atoms with Gasteiger partial charge in [0.2, 0.25) is 0 Å². The zero-order valence-corrected chi connectivity index (χ0v) is 9.36. The number of alkyl halides is 2. The maximum atomic E-state index is 13.8. The van der Waals surface area contributed by atoms with Gasteiger partial charge in [0.25, 0.3) is 0 Å². The van der Waals surface area contributed by atoms with Gasteiger partial charge in [-0.3, -0.25) is 0 Å². The number of carbonyl (C=O) groups is 1. The molecular weight excluding hydrogens is 230 g/mol. The molecule has 0 spiro atoms. The summed E-state index contributed by atoms with van der Waals surface area (Å²) in [6.45, 7) is 0. The second-order valence-electron chi connectivity index (χ2n) is 5.99. The van der Waals surface area contributed by atoms with Crippen LogP contribution in [-0.2, 0) is 4.79 Å². The van der Waals surface area contributed by atoms with E-state index in [9.17, 15) is 23.8 Å². The Balaban J connectivity index is 2.00. The number of halogens is 2. The molecule has 0 aromatic carbocycles. The van der Waals surface area contributed by atoms with E-state index >= 15 is 0 Å². The fourth-order valence-electron chi connectivity index (χ4n) is 4.58. The van der Waals surface area contributed by atoms with Gasteiger partial charge in [-0.05, 0) is 55.8 Å². The van der Waals surface area contributed by atoms with E-state index in [2.05, 4.69) is 0 Å². The minimum atomic E-state index is -4.13. The number of aliphatic carboxylic acids is 1. The molecule has 0 amide bonds. The highest BCUT2D eigenvalue weighted by Crippen LogP contribution is 2.61. The molecule has 0 aromatic rings. The Morgan fingerprint density at radius 2 is 1.53 bits per heavy atom. The number of aliphatic hydroxyl groups is 1. The highest BCUT2D eigenvalue weighted by Gasteiger charge is 2.67. The summed E-state index contributed by atoms with van der Waals surface area (Å²) in [7, 11) is 0. The Hall–Kier alpha value is -0.710. The lowest BCUT2D eigenvalue weighted by Gasteiger charge is -2.60. The zero-order valence-electron chi connectivity index (χ0n) is 9.36. The standard InChI is InChI=1S/C12H16F2O3/c13-12(14,10(15)16)11(17)8-2-6-1-7(4-8)5-9(11)3-6/h6-9,17H,1-5H2,(H,15,16)/p-1. The van der Waals surface area contributed by atoms with Gasteiger partial charge >= 0.3 is 5.92 Å². The molecule has 4 saturated carbocycles. The van der Waals surface area contributed by atoms with Crippen molar-refractivity contribution in [3.05, 3.63) is 0 Å². The molecule has 0 saturated heterocycles. The van der Waals surface area contributed by atoms with Crippen LogP contribution in [0.15, 0.2) is 0 Å². The number of hydrogen-bond acceptors (Lipinski definition) is 3. The molecule has 4 rings (SSSR count). The Kier molecular flexibility index (Phi) is 2.14. The van der Waals surface area contributed by atoms with Crippen LogP contribution in [0.25, 0.3) is 0 Å².